The van der Waals surface area contributed by atoms with Crippen LogP contribution in [0.2, 0.25) is 5.02 Å². The van der Waals surface area contributed by atoms with Crippen LogP contribution in [0.5, 0.6) is 5.75 Å². The Hall–Kier alpha value is -0.580. The first-order valence-corrected chi connectivity index (χ1v) is 4.19. The SMILES string of the molecule is O=S(O)c1ccc(Cl)cc1O. The molecule has 60 valence electrons. The summed E-state index contributed by atoms with van der Waals surface area (Å²) in [6.07, 6.45) is 0. The fourth-order valence-electron chi connectivity index (χ4n) is 0.638. The normalized spacial score (nSPS) is 12.9. The van der Waals surface area contributed by atoms with Gasteiger partial charge < -0.3 is 9.66 Å². The molecule has 1 unspecified atom stereocenters. The lowest BCUT2D eigenvalue weighted by Crippen LogP contribution is -1.87. The maximum Gasteiger partial charge on any atom is 0.190 e. The quantitative estimate of drug-likeness (QED) is 0.665. The lowest BCUT2D eigenvalue weighted by Gasteiger charge is -1.98. The number of hydrogen-bond donors (Lipinski definition) is 2. The molecule has 3 nitrogen and oxygen atoms in total. The minimum absolute atomic E-state index is 0.0330. The Labute approximate surface area is 70.9 Å². The summed E-state index contributed by atoms with van der Waals surface area (Å²) in [5.41, 5.74) is 0. The van der Waals surface area contributed by atoms with E-state index in [4.69, 9.17) is 21.3 Å². The van der Waals surface area contributed by atoms with Crippen molar-refractivity contribution in [3.63, 3.8) is 0 Å². The molecule has 0 aliphatic carbocycles. The van der Waals surface area contributed by atoms with Gasteiger partial charge >= 0.3 is 0 Å². The molecule has 0 aromatic heterocycles. The van der Waals surface area contributed by atoms with Gasteiger partial charge in [-0.2, -0.15) is 0 Å². The lowest BCUT2D eigenvalue weighted by atomic mass is 10.3. The second-order valence-electron chi connectivity index (χ2n) is 1.86. The maximum atomic E-state index is 10.4. The van der Waals surface area contributed by atoms with E-state index in [2.05, 4.69) is 0 Å². The van der Waals surface area contributed by atoms with Crippen LogP contribution in [-0.2, 0) is 11.1 Å². The Morgan fingerprint density at radius 2 is 2.09 bits per heavy atom. The van der Waals surface area contributed by atoms with Gasteiger partial charge in [-0.05, 0) is 18.2 Å². The molecule has 0 heterocycles. The molecule has 1 atom stereocenters. The lowest BCUT2D eigenvalue weighted by molar-refractivity contribution is 0.457. The molecule has 1 rings (SSSR count). The molecule has 1 aromatic carbocycles. The highest BCUT2D eigenvalue weighted by Crippen LogP contribution is 2.23. The van der Waals surface area contributed by atoms with Crippen LogP contribution >= 0.6 is 11.6 Å². The van der Waals surface area contributed by atoms with E-state index in [0.29, 0.717) is 5.02 Å². The van der Waals surface area contributed by atoms with Crippen molar-refractivity contribution in [1.82, 2.24) is 0 Å². The van der Waals surface area contributed by atoms with Crippen molar-refractivity contribution in [2.75, 3.05) is 0 Å². The Morgan fingerprint density at radius 1 is 1.45 bits per heavy atom. The average molecular weight is 193 g/mol. The van der Waals surface area contributed by atoms with Crippen molar-refractivity contribution < 1.29 is 13.9 Å². The summed E-state index contributed by atoms with van der Waals surface area (Å²) in [5, 5.41) is 9.35. The third kappa shape index (κ3) is 1.92. The smallest absolute Gasteiger partial charge is 0.190 e. The predicted molar refractivity (Wildman–Crippen MR) is 42.2 cm³/mol. The van der Waals surface area contributed by atoms with Gasteiger partial charge in [-0.25, -0.2) is 4.21 Å². The van der Waals surface area contributed by atoms with Crippen molar-refractivity contribution in [3.05, 3.63) is 23.2 Å². The van der Waals surface area contributed by atoms with E-state index < -0.39 is 11.1 Å². The Kier molecular flexibility index (Phi) is 2.49. The number of rotatable bonds is 1. The zero-order chi connectivity index (χ0) is 8.43. The molecule has 0 amide bonds. The second-order valence-corrected chi connectivity index (χ2v) is 3.24. The first-order chi connectivity index (χ1) is 5.11. The highest BCUT2D eigenvalue weighted by atomic mass is 35.5. The van der Waals surface area contributed by atoms with E-state index in [1.165, 1.54) is 18.2 Å². The molecule has 0 aliphatic heterocycles. The van der Waals surface area contributed by atoms with Crippen molar-refractivity contribution in [3.8, 4) is 5.75 Å². The average Bonchev–Trinajstić information content (AvgIpc) is 1.85. The Balaban J connectivity index is 3.20. The molecule has 0 saturated heterocycles. The molecule has 0 fully saturated rings. The minimum Gasteiger partial charge on any atom is -0.507 e. The molecule has 0 aliphatic rings. The Morgan fingerprint density at radius 3 is 2.55 bits per heavy atom. The third-order valence-electron chi connectivity index (χ3n) is 1.11. The fraction of sp³-hybridized carbons (Fsp3) is 0. The van der Waals surface area contributed by atoms with Crippen LogP contribution in [0.3, 0.4) is 0 Å². The summed E-state index contributed by atoms with van der Waals surface area (Å²) in [5.74, 6) is -0.265. The van der Waals surface area contributed by atoms with Gasteiger partial charge in [-0.3, -0.25) is 0 Å². The van der Waals surface area contributed by atoms with Crippen LogP contribution < -0.4 is 0 Å². The van der Waals surface area contributed by atoms with E-state index in [0.717, 1.165) is 0 Å². The number of halogens is 1. The number of hydrogen-bond acceptors (Lipinski definition) is 2. The standard InChI is InChI=1S/C6H5ClO3S/c7-4-1-2-6(11(9)10)5(8)3-4/h1-3,8H,(H,9,10). The largest absolute Gasteiger partial charge is 0.507 e. The van der Waals surface area contributed by atoms with Gasteiger partial charge in [0.05, 0.1) is 0 Å². The first kappa shape index (κ1) is 8.52. The Bertz CT molecular complexity index is 300. The van der Waals surface area contributed by atoms with Gasteiger partial charge in [0.25, 0.3) is 0 Å². The monoisotopic (exact) mass is 192 g/mol. The molecule has 1 aromatic rings. The summed E-state index contributed by atoms with van der Waals surface area (Å²) in [6, 6.07) is 3.95. The topological polar surface area (TPSA) is 57.5 Å². The molecule has 0 saturated carbocycles. The zero-order valence-corrected chi connectivity index (χ0v) is 6.89. The summed E-state index contributed by atoms with van der Waals surface area (Å²) >= 11 is 3.32. The number of benzene rings is 1. The molecular weight excluding hydrogens is 188 g/mol. The van der Waals surface area contributed by atoms with Gasteiger partial charge in [-0.1, -0.05) is 11.6 Å². The number of phenolic OH excluding ortho intramolecular Hbond substituents is 1. The van der Waals surface area contributed by atoms with Crippen molar-refractivity contribution in [2.24, 2.45) is 0 Å². The molecule has 11 heavy (non-hydrogen) atoms. The summed E-state index contributed by atoms with van der Waals surface area (Å²) in [6.45, 7) is 0. The van der Waals surface area contributed by atoms with Crippen molar-refractivity contribution >= 4 is 22.7 Å². The van der Waals surface area contributed by atoms with Crippen molar-refractivity contribution in [1.29, 1.82) is 0 Å². The van der Waals surface area contributed by atoms with E-state index in [1.807, 2.05) is 0 Å². The van der Waals surface area contributed by atoms with Crippen LogP contribution in [0, 0.1) is 0 Å². The zero-order valence-electron chi connectivity index (χ0n) is 5.32. The molecule has 0 radical (unpaired) electrons. The molecule has 0 bridgehead atoms. The summed E-state index contributed by atoms with van der Waals surface area (Å²) in [4.78, 5) is -0.0330. The summed E-state index contributed by atoms with van der Waals surface area (Å²) < 4.78 is 19.0. The van der Waals surface area contributed by atoms with E-state index >= 15 is 0 Å². The van der Waals surface area contributed by atoms with Crippen LogP contribution in [0.15, 0.2) is 23.1 Å². The molecule has 0 spiro atoms. The van der Waals surface area contributed by atoms with Crippen LogP contribution in [0.1, 0.15) is 0 Å². The minimum atomic E-state index is -2.16. The van der Waals surface area contributed by atoms with Crippen LogP contribution in [-0.4, -0.2) is 13.9 Å². The first-order valence-electron chi connectivity index (χ1n) is 2.70. The van der Waals surface area contributed by atoms with Crippen LogP contribution in [0.4, 0.5) is 0 Å². The van der Waals surface area contributed by atoms with E-state index in [-0.39, 0.29) is 10.6 Å². The van der Waals surface area contributed by atoms with E-state index in [9.17, 15) is 4.21 Å². The van der Waals surface area contributed by atoms with Crippen LogP contribution in [0.25, 0.3) is 0 Å². The van der Waals surface area contributed by atoms with Gasteiger partial charge in [0.1, 0.15) is 10.6 Å². The number of phenols is 1. The molecule has 2 N–H and O–H groups in total. The predicted octanol–water partition coefficient (Wildman–Crippen LogP) is 1.63. The van der Waals surface area contributed by atoms with Gasteiger partial charge in [0.15, 0.2) is 11.1 Å². The van der Waals surface area contributed by atoms with Crippen molar-refractivity contribution in [2.45, 2.75) is 4.90 Å². The molecular formula is C6H5ClO3S. The van der Waals surface area contributed by atoms with Gasteiger partial charge in [0.2, 0.25) is 0 Å². The highest BCUT2D eigenvalue weighted by molar-refractivity contribution is 7.79. The third-order valence-corrected chi connectivity index (χ3v) is 2.07. The van der Waals surface area contributed by atoms with E-state index in [1.54, 1.807) is 0 Å². The second kappa shape index (κ2) is 3.21. The highest BCUT2D eigenvalue weighted by Gasteiger charge is 2.05. The maximum absolute atomic E-state index is 10.4. The van der Waals surface area contributed by atoms with Gasteiger partial charge in [0, 0.05) is 5.02 Å². The fourth-order valence-corrected chi connectivity index (χ4v) is 1.23. The number of aromatic hydroxyl groups is 1. The molecule has 5 heteroatoms. The summed E-state index contributed by atoms with van der Waals surface area (Å²) in [7, 11) is 0. The van der Waals surface area contributed by atoms with Gasteiger partial charge in [-0.15, -0.1) is 0 Å².